The Morgan fingerprint density at radius 3 is 2.45 bits per heavy atom. The molecule has 1 aromatic heterocycles. The number of hydrogen-bond acceptors (Lipinski definition) is 4. The summed E-state index contributed by atoms with van der Waals surface area (Å²) in [4.78, 5) is 43.8. The summed E-state index contributed by atoms with van der Waals surface area (Å²) >= 11 is 0. The smallest absolute Gasteiger partial charge is 0.272 e. The van der Waals surface area contributed by atoms with Gasteiger partial charge in [0.15, 0.2) is 0 Å². The van der Waals surface area contributed by atoms with Gasteiger partial charge in [0.25, 0.3) is 5.56 Å². The van der Waals surface area contributed by atoms with Gasteiger partial charge < -0.3 is 14.8 Å². The molecule has 1 saturated heterocycles. The number of aryl methyl sites for hydroxylation is 4. The first-order valence-electron chi connectivity index (χ1n) is 10.3. The van der Waals surface area contributed by atoms with Crippen LogP contribution in [0.5, 0.6) is 0 Å². The molecule has 1 N–H and O–H groups in total. The normalized spacial score (nSPS) is 15.4. The van der Waals surface area contributed by atoms with Crippen molar-refractivity contribution in [3.05, 3.63) is 39.3 Å². The van der Waals surface area contributed by atoms with Crippen LogP contribution >= 0.6 is 0 Å². The van der Waals surface area contributed by atoms with Crippen molar-refractivity contribution in [3.63, 3.8) is 0 Å². The largest absolute Gasteiger partial charge is 0.345 e. The van der Waals surface area contributed by atoms with Gasteiger partial charge in [-0.05, 0) is 70.2 Å². The second-order valence-corrected chi connectivity index (χ2v) is 8.00. The van der Waals surface area contributed by atoms with Gasteiger partial charge >= 0.3 is 0 Å². The fourth-order valence-electron chi connectivity index (χ4n) is 3.82. The van der Waals surface area contributed by atoms with Crippen LogP contribution in [0.4, 0.5) is 0 Å². The third kappa shape index (κ3) is 4.66. The molecule has 29 heavy (non-hydrogen) atoms. The van der Waals surface area contributed by atoms with Crippen molar-refractivity contribution in [2.45, 2.75) is 66.0 Å². The lowest BCUT2D eigenvalue weighted by Gasteiger charge is -2.29. The average molecular weight is 399 g/mol. The fraction of sp³-hybridized carbons (Fsp3) is 0.545. The average Bonchev–Trinajstić information content (AvgIpc) is 2.70. The molecule has 2 heterocycles. The molecule has 1 aliphatic heterocycles. The Labute approximate surface area is 171 Å². The number of aromatic nitrogens is 2. The summed E-state index contributed by atoms with van der Waals surface area (Å²) in [5, 5.41) is 2.79. The van der Waals surface area contributed by atoms with E-state index in [1.165, 1.54) is 0 Å². The fourth-order valence-corrected chi connectivity index (χ4v) is 3.82. The van der Waals surface area contributed by atoms with E-state index in [-0.39, 0.29) is 30.3 Å². The van der Waals surface area contributed by atoms with E-state index < -0.39 is 6.04 Å². The summed E-state index contributed by atoms with van der Waals surface area (Å²) in [5.41, 5.74) is 3.88. The molecular weight excluding hydrogens is 368 g/mol. The Hall–Kier alpha value is -2.70. The van der Waals surface area contributed by atoms with Gasteiger partial charge in [-0.2, -0.15) is 0 Å². The van der Waals surface area contributed by atoms with Crippen LogP contribution in [-0.4, -0.2) is 45.4 Å². The molecule has 1 aliphatic rings. The van der Waals surface area contributed by atoms with Gasteiger partial charge in [0, 0.05) is 26.1 Å². The maximum atomic E-state index is 12.6. The molecule has 1 fully saturated rings. The highest BCUT2D eigenvalue weighted by atomic mass is 16.2. The van der Waals surface area contributed by atoms with Crippen molar-refractivity contribution in [2.75, 3.05) is 13.1 Å². The molecule has 0 radical (unpaired) electrons. The highest BCUT2D eigenvalue weighted by molar-refractivity contribution is 5.87. The summed E-state index contributed by atoms with van der Waals surface area (Å²) in [6, 6.07) is 3.35. The topological polar surface area (TPSA) is 84.3 Å². The Bertz CT molecular complexity index is 990. The first kappa shape index (κ1) is 21.0. The second-order valence-electron chi connectivity index (χ2n) is 8.00. The molecule has 156 valence electrons. The number of piperidine rings is 1. The van der Waals surface area contributed by atoms with E-state index in [9.17, 15) is 14.4 Å². The molecule has 7 nitrogen and oxygen atoms in total. The number of fused-ring (bicyclic) bond motifs is 1. The SMILES string of the molecule is Cc1cc2nc(C)c(=O)n(CCC(=O)NC(C)C(=O)N3CCCCC3)c2cc1C. The lowest BCUT2D eigenvalue weighted by Crippen LogP contribution is -2.48. The number of rotatable bonds is 5. The van der Waals surface area contributed by atoms with E-state index in [2.05, 4.69) is 10.3 Å². The van der Waals surface area contributed by atoms with Crippen LogP contribution in [0, 0.1) is 20.8 Å². The molecule has 1 atom stereocenters. The van der Waals surface area contributed by atoms with Crippen LogP contribution in [0.25, 0.3) is 11.0 Å². The van der Waals surface area contributed by atoms with Crippen molar-refractivity contribution >= 4 is 22.8 Å². The van der Waals surface area contributed by atoms with Crippen LogP contribution in [-0.2, 0) is 16.1 Å². The number of nitrogens with zero attached hydrogens (tertiary/aromatic N) is 3. The Kier molecular flexibility index (Phi) is 6.35. The van der Waals surface area contributed by atoms with Gasteiger partial charge in [0.1, 0.15) is 11.7 Å². The minimum absolute atomic E-state index is 0.0356. The number of benzene rings is 1. The van der Waals surface area contributed by atoms with Crippen LogP contribution in [0.15, 0.2) is 16.9 Å². The summed E-state index contributed by atoms with van der Waals surface area (Å²) < 4.78 is 1.61. The lowest BCUT2D eigenvalue weighted by molar-refractivity contribution is -0.136. The van der Waals surface area contributed by atoms with Crippen LogP contribution in [0.1, 0.15) is 49.4 Å². The summed E-state index contributed by atoms with van der Waals surface area (Å²) in [6.07, 6.45) is 3.31. The van der Waals surface area contributed by atoms with Crippen LogP contribution in [0.2, 0.25) is 0 Å². The van der Waals surface area contributed by atoms with Crippen molar-refractivity contribution in [1.29, 1.82) is 0 Å². The van der Waals surface area contributed by atoms with Gasteiger partial charge in [0.2, 0.25) is 11.8 Å². The first-order valence-corrected chi connectivity index (χ1v) is 10.3. The molecule has 0 spiro atoms. The van der Waals surface area contributed by atoms with E-state index in [0.717, 1.165) is 54.5 Å². The minimum Gasteiger partial charge on any atom is -0.345 e. The third-order valence-corrected chi connectivity index (χ3v) is 5.70. The van der Waals surface area contributed by atoms with Gasteiger partial charge in [-0.25, -0.2) is 4.98 Å². The van der Waals surface area contributed by atoms with E-state index in [1.807, 2.05) is 30.9 Å². The molecule has 0 saturated carbocycles. The predicted octanol–water partition coefficient (Wildman–Crippen LogP) is 2.23. The summed E-state index contributed by atoms with van der Waals surface area (Å²) in [5.74, 6) is -0.271. The number of carbonyl (C=O) groups excluding carboxylic acids is 2. The van der Waals surface area contributed by atoms with Gasteiger partial charge in [-0.15, -0.1) is 0 Å². The number of hydrogen-bond donors (Lipinski definition) is 1. The van der Waals surface area contributed by atoms with E-state index in [1.54, 1.807) is 18.4 Å². The van der Waals surface area contributed by atoms with Crippen molar-refractivity contribution in [3.8, 4) is 0 Å². The van der Waals surface area contributed by atoms with Gasteiger partial charge in [0.05, 0.1) is 11.0 Å². The van der Waals surface area contributed by atoms with Crippen LogP contribution in [0.3, 0.4) is 0 Å². The van der Waals surface area contributed by atoms with Gasteiger partial charge in [-0.3, -0.25) is 14.4 Å². The molecular formula is C22H30N4O3. The zero-order chi connectivity index (χ0) is 21.1. The minimum atomic E-state index is -0.557. The number of amides is 2. The molecule has 2 aromatic rings. The Morgan fingerprint density at radius 1 is 1.10 bits per heavy atom. The number of carbonyl (C=O) groups is 2. The molecule has 0 bridgehead atoms. The zero-order valence-electron chi connectivity index (χ0n) is 17.7. The maximum Gasteiger partial charge on any atom is 0.272 e. The van der Waals surface area contributed by atoms with Crippen molar-refractivity contribution < 1.29 is 9.59 Å². The monoisotopic (exact) mass is 398 g/mol. The standard InChI is InChI=1S/C22H30N4O3/c1-14-12-18-19(13-15(14)2)26(22(29)17(4)23-18)11-8-20(27)24-16(3)21(28)25-9-6-5-7-10-25/h12-13,16H,5-11H2,1-4H3,(H,24,27). The molecule has 7 heteroatoms. The van der Waals surface area contributed by atoms with Crippen molar-refractivity contribution in [2.24, 2.45) is 0 Å². The highest BCUT2D eigenvalue weighted by Gasteiger charge is 2.23. The van der Waals surface area contributed by atoms with Crippen molar-refractivity contribution in [1.82, 2.24) is 19.8 Å². The summed E-state index contributed by atoms with van der Waals surface area (Å²) in [6.45, 7) is 9.17. The lowest BCUT2D eigenvalue weighted by atomic mass is 10.1. The summed E-state index contributed by atoms with van der Waals surface area (Å²) in [7, 11) is 0. The molecule has 2 amide bonds. The second kappa shape index (κ2) is 8.76. The predicted molar refractivity (Wildman–Crippen MR) is 113 cm³/mol. The van der Waals surface area contributed by atoms with E-state index in [4.69, 9.17) is 0 Å². The number of likely N-dealkylation sites (tertiary alicyclic amines) is 1. The highest BCUT2D eigenvalue weighted by Crippen LogP contribution is 2.17. The molecule has 1 unspecified atom stereocenters. The quantitative estimate of drug-likeness (QED) is 0.837. The molecule has 0 aliphatic carbocycles. The van der Waals surface area contributed by atoms with E-state index >= 15 is 0 Å². The first-order chi connectivity index (χ1) is 13.8. The Morgan fingerprint density at radius 2 is 1.76 bits per heavy atom. The number of nitrogens with one attached hydrogen (secondary N) is 1. The zero-order valence-corrected chi connectivity index (χ0v) is 17.7. The third-order valence-electron chi connectivity index (χ3n) is 5.70. The molecule has 1 aromatic carbocycles. The van der Waals surface area contributed by atoms with Gasteiger partial charge in [-0.1, -0.05) is 0 Å². The molecule has 3 rings (SSSR count). The Balaban J connectivity index is 1.70. The van der Waals surface area contributed by atoms with E-state index in [0.29, 0.717) is 5.69 Å². The van der Waals surface area contributed by atoms with Crippen LogP contribution < -0.4 is 10.9 Å². The maximum absolute atomic E-state index is 12.6.